The van der Waals surface area contributed by atoms with Crippen LogP contribution in [0.25, 0.3) is 11.3 Å². The number of benzene rings is 1. The molecule has 0 saturated heterocycles. The van der Waals surface area contributed by atoms with Gasteiger partial charge in [-0.15, -0.1) is 0 Å². The Morgan fingerprint density at radius 2 is 2.04 bits per heavy atom. The molecule has 3 rings (SSSR count). The molecule has 0 radical (unpaired) electrons. The second-order valence-corrected chi connectivity index (χ2v) is 5.84. The Labute approximate surface area is 148 Å². The first-order valence-electron chi connectivity index (χ1n) is 7.40. The van der Waals surface area contributed by atoms with E-state index in [1.54, 1.807) is 31.6 Å². The number of hydrogen-bond acceptors (Lipinski definition) is 8. The van der Waals surface area contributed by atoms with Crippen LogP contribution in [0.5, 0.6) is 5.75 Å². The van der Waals surface area contributed by atoms with Crippen molar-refractivity contribution in [2.75, 3.05) is 12.9 Å². The highest BCUT2D eigenvalue weighted by Crippen LogP contribution is 2.24. The molecule has 7 nitrogen and oxygen atoms in total. The van der Waals surface area contributed by atoms with Gasteiger partial charge in [0.2, 0.25) is 0 Å². The summed E-state index contributed by atoms with van der Waals surface area (Å²) < 4.78 is 15.7. The SMILES string of the molecule is COc1cccc(-c2cc(COC(=O)CSc3ncccn3)no2)c1. The monoisotopic (exact) mass is 357 g/mol. The summed E-state index contributed by atoms with van der Waals surface area (Å²) in [6, 6.07) is 10.9. The van der Waals surface area contributed by atoms with Gasteiger partial charge in [0, 0.05) is 24.0 Å². The molecule has 128 valence electrons. The average molecular weight is 357 g/mol. The predicted octanol–water partition coefficient (Wildman–Crippen LogP) is 2.98. The third-order valence-electron chi connectivity index (χ3n) is 3.16. The van der Waals surface area contributed by atoms with Crippen molar-refractivity contribution in [1.29, 1.82) is 0 Å². The molecule has 1 aromatic carbocycles. The van der Waals surface area contributed by atoms with Crippen LogP contribution < -0.4 is 4.74 Å². The van der Waals surface area contributed by atoms with E-state index in [-0.39, 0.29) is 18.3 Å². The van der Waals surface area contributed by atoms with Crippen molar-refractivity contribution in [1.82, 2.24) is 15.1 Å². The maximum atomic E-state index is 11.8. The van der Waals surface area contributed by atoms with E-state index in [2.05, 4.69) is 15.1 Å². The van der Waals surface area contributed by atoms with Crippen LogP contribution >= 0.6 is 11.8 Å². The van der Waals surface area contributed by atoms with Gasteiger partial charge in [-0.2, -0.15) is 0 Å². The van der Waals surface area contributed by atoms with E-state index in [0.717, 1.165) is 11.3 Å². The lowest BCUT2D eigenvalue weighted by molar-refractivity contribution is -0.141. The molecular weight excluding hydrogens is 342 g/mol. The number of carbonyl (C=O) groups excluding carboxylic acids is 1. The number of methoxy groups -OCH3 is 1. The summed E-state index contributed by atoms with van der Waals surface area (Å²) in [5.41, 5.74) is 1.37. The lowest BCUT2D eigenvalue weighted by atomic mass is 10.1. The Hall–Kier alpha value is -2.87. The first kappa shape index (κ1) is 17.0. The van der Waals surface area contributed by atoms with E-state index >= 15 is 0 Å². The van der Waals surface area contributed by atoms with Crippen LogP contribution in [-0.4, -0.2) is 34.0 Å². The fraction of sp³-hybridized carbons (Fsp3) is 0.176. The third-order valence-corrected chi connectivity index (χ3v) is 4.00. The van der Waals surface area contributed by atoms with E-state index in [9.17, 15) is 4.79 Å². The van der Waals surface area contributed by atoms with E-state index in [1.165, 1.54) is 11.8 Å². The molecule has 2 aromatic heterocycles. The van der Waals surface area contributed by atoms with Gasteiger partial charge in [0.25, 0.3) is 0 Å². The molecule has 0 spiro atoms. The summed E-state index contributed by atoms with van der Waals surface area (Å²) in [5, 5.41) is 4.44. The molecule has 0 aliphatic carbocycles. The Morgan fingerprint density at radius 3 is 2.84 bits per heavy atom. The quantitative estimate of drug-likeness (QED) is 0.362. The van der Waals surface area contributed by atoms with Crippen LogP contribution in [-0.2, 0) is 16.1 Å². The molecule has 0 aliphatic rings. The highest BCUT2D eigenvalue weighted by atomic mass is 32.2. The lowest BCUT2D eigenvalue weighted by Gasteiger charge is -2.01. The fourth-order valence-electron chi connectivity index (χ4n) is 1.97. The Bertz CT molecular complexity index is 839. The minimum absolute atomic E-state index is 0.0442. The van der Waals surface area contributed by atoms with Crippen LogP contribution in [0.1, 0.15) is 5.69 Å². The van der Waals surface area contributed by atoms with Crippen LogP contribution in [0.15, 0.2) is 58.5 Å². The standard InChI is InChI=1S/C17H15N3O4S/c1-22-14-5-2-4-12(8-14)15-9-13(20-24-15)10-23-16(21)11-25-17-18-6-3-7-19-17/h2-9H,10-11H2,1H3. The van der Waals surface area contributed by atoms with Crippen molar-refractivity contribution < 1.29 is 18.8 Å². The second-order valence-electron chi connectivity index (χ2n) is 4.90. The number of carbonyl (C=O) groups is 1. The summed E-state index contributed by atoms with van der Waals surface area (Å²) in [5.74, 6) is 1.06. The number of nitrogens with zero attached hydrogens (tertiary/aromatic N) is 3. The highest BCUT2D eigenvalue weighted by Gasteiger charge is 2.11. The number of hydrogen-bond donors (Lipinski definition) is 0. The van der Waals surface area contributed by atoms with Crippen LogP contribution in [0.4, 0.5) is 0 Å². The van der Waals surface area contributed by atoms with Gasteiger partial charge < -0.3 is 14.0 Å². The minimum atomic E-state index is -0.372. The number of aromatic nitrogens is 3. The Balaban J connectivity index is 1.52. The molecule has 2 heterocycles. The molecule has 0 amide bonds. The normalized spacial score (nSPS) is 10.4. The summed E-state index contributed by atoms with van der Waals surface area (Å²) in [7, 11) is 1.60. The van der Waals surface area contributed by atoms with Gasteiger partial charge in [-0.25, -0.2) is 9.97 Å². The van der Waals surface area contributed by atoms with Crippen LogP contribution in [0.2, 0.25) is 0 Å². The first-order valence-corrected chi connectivity index (χ1v) is 8.38. The maximum Gasteiger partial charge on any atom is 0.316 e. The van der Waals surface area contributed by atoms with Crippen molar-refractivity contribution in [3.8, 4) is 17.1 Å². The second kappa shape index (κ2) is 8.29. The Morgan fingerprint density at radius 1 is 1.20 bits per heavy atom. The van der Waals surface area contributed by atoms with Gasteiger partial charge in [-0.1, -0.05) is 29.1 Å². The van der Waals surface area contributed by atoms with Gasteiger partial charge in [0.1, 0.15) is 18.1 Å². The molecule has 8 heteroatoms. The van der Waals surface area contributed by atoms with Crippen molar-refractivity contribution in [3.05, 3.63) is 54.5 Å². The predicted molar refractivity (Wildman–Crippen MR) is 91.0 cm³/mol. The molecule has 0 unspecified atom stereocenters. The van der Waals surface area contributed by atoms with E-state index in [4.69, 9.17) is 14.0 Å². The van der Waals surface area contributed by atoms with Gasteiger partial charge in [0.15, 0.2) is 10.9 Å². The van der Waals surface area contributed by atoms with Crippen molar-refractivity contribution >= 4 is 17.7 Å². The zero-order chi connectivity index (χ0) is 17.5. The van der Waals surface area contributed by atoms with E-state index < -0.39 is 0 Å². The fourth-order valence-corrected chi connectivity index (χ4v) is 2.57. The molecule has 0 bridgehead atoms. The summed E-state index contributed by atoms with van der Waals surface area (Å²) in [6.45, 7) is 0.0442. The number of ether oxygens (including phenoxy) is 2. The molecule has 3 aromatic rings. The largest absolute Gasteiger partial charge is 0.497 e. The highest BCUT2D eigenvalue weighted by molar-refractivity contribution is 7.99. The number of rotatable bonds is 7. The molecule has 25 heavy (non-hydrogen) atoms. The number of thioether (sulfide) groups is 1. The van der Waals surface area contributed by atoms with E-state index in [0.29, 0.717) is 16.6 Å². The molecular formula is C17H15N3O4S. The first-order chi connectivity index (χ1) is 12.2. The zero-order valence-electron chi connectivity index (χ0n) is 13.4. The number of esters is 1. The summed E-state index contributed by atoms with van der Waals surface area (Å²) in [4.78, 5) is 19.8. The van der Waals surface area contributed by atoms with Crippen molar-refractivity contribution in [2.45, 2.75) is 11.8 Å². The zero-order valence-corrected chi connectivity index (χ0v) is 14.2. The molecule has 0 saturated carbocycles. The van der Waals surface area contributed by atoms with Crippen molar-refractivity contribution in [3.63, 3.8) is 0 Å². The van der Waals surface area contributed by atoms with Gasteiger partial charge in [-0.05, 0) is 18.2 Å². The smallest absolute Gasteiger partial charge is 0.316 e. The summed E-state index contributed by atoms with van der Waals surface area (Å²) >= 11 is 1.22. The third kappa shape index (κ3) is 4.80. The molecule has 0 fully saturated rings. The lowest BCUT2D eigenvalue weighted by Crippen LogP contribution is -2.07. The van der Waals surface area contributed by atoms with Crippen molar-refractivity contribution in [2.24, 2.45) is 0 Å². The molecule has 0 atom stereocenters. The van der Waals surface area contributed by atoms with Gasteiger partial charge >= 0.3 is 5.97 Å². The topological polar surface area (TPSA) is 87.3 Å². The van der Waals surface area contributed by atoms with Crippen LogP contribution in [0.3, 0.4) is 0 Å². The minimum Gasteiger partial charge on any atom is -0.497 e. The molecule has 0 N–H and O–H groups in total. The van der Waals surface area contributed by atoms with Crippen LogP contribution in [0, 0.1) is 0 Å². The maximum absolute atomic E-state index is 11.8. The van der Waals surface area contributed by atoms with Gasteiger partial charge in [0.05, 0.1) is 12.9 Å². The average Bonchev–Trinajstić information content (AvgIpc) is 3.15. The van der Waals surface area contributed by atoms with E-state index in [1.807, 2.05) is 24.3 Å². The molecule has 0 aliphatic heterocycles. The van der Waals surface area contributed by atoms with Gasteiger partial charge in [-0.3, -0.25) is 4.79 Å². The summed E-state index contributed by atoms with van der Waals surface area (Å²) in [6.07, 6.45) is 3.24. The Kier molecular flexibility index (Phi) is 5.63.